The monoisotopic (exact) mass is 514 g/mol. The molecule has 0 heterocycles. The van der Waals surface area contributed by atoms with Gasteiger partial charge in [-0.15, -0.1) is 0 Å². The van der Waals surface area contributed by atoms with E-state index in [1.807, 2.05) is 0 Å². The van der Waals surface area contributed by atoms with Crippen LogP contribution >= 0.6 is 0 Å². The summed E-state index contributed by atoms with van der Waals surface area (Å²) >= 11 is 0. The number of rotatable bonds is 16. The van der Waals surface area contributed by atoms with E-state index in [4.69, 9.17) is 0 Å². The maximum absolute atomic E-state index is 11.8. The molecule has 0 aromatic heterocycles. The van der Waals surface area contributed by atoms with Gasteiger partial charge in [0.15, 0.2) is 0 Å². The van der Waals surface area contributed by atoms with Crippen molar-refractivity contribution in [1.82, 2.24) is 0 Å². The molecule has 0 atom stereocenters. The van der Waals surface area contributed by atoms with Gasteiger partial charge in [0, 0.05) is 0 Å². The topological polar surface area (TPSA) is 163 Å². The lowest BCUT2D eigenvalue weighted by molar-refractivity contribution is 0.454. The standard InChI is InChI=1S/C20H34O9S3/c1-2-3-4-5-6-7-8-9-10-11-12-13-14-17-15-16-18(30(21,22)23)20(32(27,28)29)19(17)31(24,25)26/h15-16H,2-14H2,1H3,(H,21,22,23)(H,24,25,26)(H,27,28,29). The number of hydrogen-bond acceptors (Lipinski definition) is 6. The molecule has 0 aliphatic carbocycles. The Morgan fingerprint density at radius 1 is 0.562 bits per heavy atom. The van der Waals surface area contributed by atoms with Gasteiger partial charge in [0.2, 0.25) is 0 Å². The molecule has 1 rings (SSSR count). The molecular formula is C20H34O9S3. The fourth-order valence-electron chi connectivity index (χ4n) is 3.67. The third-order valence-electron chi connectivity index (χ3n) is 5.25. The number of aryl methyl sites for hydroxylation is 1. The van der Waals surface area contributed by atoms with Gasteiger partial charge in [0.25, 0.3) is 30.4 Å². The van der Waals surface area contributed by atoms with Crippen LogP contribution in [0.15, 0.2) is 26.8 Å². The summed E-state index contributed by atoms with van der Waals surface area (Å²) in [6, 6.07) is 1.71. The van der Waals surface area contributed by atoms with Gasteiger partial charge in [0.1, 0.15) is 14.7 Å². The van der Waals surface area contributed by atoms with Crippen molar-refractivity contribution in [3.63, 3.8) is 0 Å². The van der Waals surface area contributed by atoms with Crippen LogP contribution < -0.4 is 0 Å². The largest absolute Gasteiger partial charge is 0.297 e. The van der Waals surface area contributed by atoms with Crippen LogP contribution in [-0.4, -0.2) is 38.9 Å². The molecule has 0 saturated heterocycles. The van der Waals surface area contributed by atoms with Crippen LogP contribution in [0.2, 0.25) is 0 Å². The second kappa shape index (κ2) is 13.0. The highest BCUT2D eigenvalue weighted by Gasteiger charge is 2.34. The van der Waals surface area contributed by atoms with Gasteiger partial charge in [-0.25, -0.2) is 0 Å². The van der Waals surface area contributed by atoms with Crippen molar-refractivity contribution in [1.29, 1.82) is 0 Å². The number of unbranched alkanes of at least 4 members (excludes halogenated alkanes) is 11. The van der Waals surface area contributed by atoms with E-state index in [0.717, 1.165) is 38.2 Å². The molecule has 1 aromatic carbocycles. The summed E-state index contributed by atoms with van der Waals surface area (Å²) in [5.74, 6) is 0. The fourth-order valence-corrected chi connectivity index (χ4v) is 7.11. The third kappa shape index (κ3) is 9.84. The maximum Gasteiger partial charge on any atom is 0.297 e. The minimum atomic E-state index is -5.39. The Morgan fingerprint density at radius 2 is 0.969 bits per heavy atom. The lowest BCUT2D eigenvalue weighted by Crippen LogP contribution is -2.16. The van der Waals surface area contributed by atoms with Crippen molar-refractivity contribution in [3.8, 4) is 0 Å². The predicted molar refractivity (Wildman–Crippen MR) is 121 cm³/mol. The summed E-state index contributed by atoms with van der Waals surface area (Å²) in [4.78, 5) is -4.08. The van der Waals surface area contributed by atoms with E-state index in [2.05, 4.69) is 6.92 Å². The van der Waals surface area contributed by atoms with Crippen molar-refractivity contribution in [2.45, 2.75) is 105 Å². The van der Waals surface area contributed by atoms with Crippen molar-refractivity contribution in [2.24, 2.45) is 0 Å². The molecule has 12 heteroatoms. The van der Waals surface area contributed by atoms with Crippen LogP contribution in [0.3, 0.4) is 0 Å². The molecule has 186 valence electrons. The molecule has 0 aliphatic heterocycles. The summed E-state index contributed by atoms with van der Waals surface area (Å²) in [5, 5.41) is 0. The van der Waals surface area contributed by atoms with E-state index in [0.29, 0.717) is 12.5 Å². The Balaban J connectivity index is 2.73. The lowest BCUT2D eigenvalue weighted by atomic mass is 10.0. The first kappa shape index (κ1) is 29.0. The Labute approximate surface area is 191 Å². The molecule has 1 aromatic rings. The van der Waals surface area contributed by atoms with Gasteiger partial charge >= 0.3 is 0 Å². The summed E-state index contributed by atoms with van der Waals surface area (Å²) in [5.41, 5.74) is -0.153. The van der Waals surface area contributed by atoms with Gasteiger partial charge in [-0.2, -0.15) is 25.3 Å². The first-order chi connectivity index (χ1) is 14.8. The van der Waals surface area contributed by atoms with Gasteiger partial charge in [0.05, 0.1) is 0 Å². The minimum absolute atomic E-state index is 0.0425. The van der Waals surface area contributed by atoms with Crippen molar-refractivity contribution in [2.75, 3.05) is 0 Å². The second-order valence-corrected chi connectivity index (χ2v) is 12.1. The van der Waals surface area contributed by atoms with Crippen LogP contribution in [0.1, 0.15) is 89.5 Å². The molecule has 0 amide bonds. The van der Waals surface area contributed by atoms with Crippen molar-refractivity contribution >= 4 is 30.4 Å². The molecule has 32 heavy (non-hydrogen) atoms. The second-order valence-electron chi connectivity index (χ2n) is 7.95. The smallest absolute Gasteiger partial charge is 0.282 e. The van der Waals surface area contributed by atoms with Crippen LogP contribution in [0, 0.1) is 0 Å². The summed E-state index contributed by atoms with van der Waals surface area (Å²) in [6.45, 7) is 2.19. The summed E-state index contributed by atoms with van der Waals surface area (Å²) in [7, 11) is -15.8. The molecule has 9 nitrogen and oxygen atoms in total. The van der Waals surface area contributed by atoms with Gasteiger partial charge in [-0.05, 0) is 24.5 Å². The Bertz CT molecular complexity index is 1040. The Hall–Kier alpha value is -1.05. The average molecular weight is 515 g/mol. The van der Waals surface area contributed by atoms with E-state index in [9.17, 15) is 38.9 Å². The lowest BCUT2D eigenvalue weighted by Gasteiger charge is -2.14. The van der Waals surface area contributed by atoms with E-state index >= 15 is 0 Å². The Kier molecular flexibility index (Phi) is 11.8. The molecule has 0 unspecified atom stereocenters. The SMILES string of the molecule is CCCCCCCCCCCCCCc1ccc(S(=O)(=O)O)c(S(=O)(=O)O)c1S(=O)(=O)O. The fraction of sp³-hybridized carbons (Fsp3) is 0.700. The average Bonchev–Trinajstić information content (AvgIpc) is 2.66. The molecule has 0 radical (unpaired) electrons. The first-order valence-corrected chi connectivity index (χ1v) is 15.2. The first-order valence-electron chi connectivity index (χ1n) is 10.9. The molecule has 0 aliphatic rings. The molecule has 3 N–H and O–H groups in total. The predicted octanol–water partition coefficient (Wildman–Crippen LogP) is 4.67. The van der Waals surface area contributed by atoms with E-state index < -0.39 is 45.0 Å². The van der Waals surface area contributed by atoms with Gasteiger partial charge < -0.3 is 0 Å². The van der Waals surface area contributed by atoms with E-state index in [1.54, 1.807) is 0 Å². The molecule has 0 fully saturated rings. The zero-order valence-electron chi connectivity index (χ0n) is 18.4. The summed E-state index contributed by atoms with van der Waals surface area (Å²) in [6.07, 6.45) is 12.9. The Morgan fingerprint density at radius 3 is 1.34 bits per heavy atom. The maximum atomic E-state index is 11.8. The zero-order valence-corrected chi connectivity index (χ0v) is 20.8. The van der Waals surface area contributed by atoms with Gasteiger partial charge in [-0.3, -0.25) is 13.7 Å². The van der Waals surface area contributed by atoms with Crippen LogP contribution in [0.5, 0.6) is 0 Å². The number of benzene rings is 1. The highest BCUT2D eigenvalue weighted by atomic mass is 32.2. The quantitative estimate of drug-likeness (QED) is 0.210. The van der Waals surface area contributed by atoms with E-state index in [1.165, 1.54) is 38.5 Å². The number of hydrogen-bond donors (Lipinski definition) is 3. The normalized spacial score (nSPS) is 12.9. The van der Waals surface area contributed by atoms with Crippen LogP contribution in [-0.2, 0) is 36.8 Å². The molecule has 0 bridgehead atoms. The molecule has 0 spiro atoms. The van der Waals surface area contributed by atoms with Crippen LogP contribution in [0.4, 0.5) is 0 Å². The molecular weight excluding hydrogens is 480 g/mol. The van der Waals surface area contributed by atoms with Gasteiger partial charge in [-0.1, -0.05) is 83.6 Å². The van der Waals surface area contributed by atoms with E-state index in [-0.39, 0.29) is 12.0 Å². The van der Waals surface area contributed by atoms with Crippen molar-refractivity contribution < 1.29 is 38.9 Å². The molecule has 0 saturated carbocycles. The highest BCUT2D eigenvalue weighted by Crippen LogP contribution is 2.32. The highest BCUT2D eigenvalue weighted by molar-refractivity contribution is 7.90. The van der Waals surface area contributed by atoms with Crippen molar-refractivity contribution in [3.05, 3.63) is 17.7 Å². The third-order valence-corrected chi connectivity index (χ3v) is 8.33. The minimum Gasteiger partial charge on any atom is -0.282 e. The summed E-state index contributed by atoms with van der Waals surface area (Å²) < 4.78 is 98.1. The zero-order chi connectivity index (χ0) is 24.4. The van der Waals surface area contributed by atoms with Crippen LogP contribution in [0.25, 0.3) is 0 Å².